The van der Waals surface area contributed by atoms with Crippen molar-refractivity contribution in [1.82, 2.24) is 9.97 Å². The molecule has 0 amide bonds. The monoisotopic (exact) mass is 296 g/mol. The number of halogens is 1. The van der Waals surface area contributed by atoms with Crippen molar-refractivity contribution in [3.05, 3.63) is 42.5 Å². The predicted molar refractivity (Wildman–Crippen MR) is 73.6 cm³/mol. The van der Waals surface area contributed by atoms with Gasteiger partial charge < -0.3 is 4.90 Å². The standard InChI is InChI=1S/C12H13FN4O2S/c1-17(2)11-6-5-9(8-15-11)16-20(18,19)12-10(13)4-3-7-14-12/h3-8,16H,1-2H3. The fourth-order valence-corrected chi connectivity index (χ4v) is 2.54. The second-order valence-electron chi connectivity index (χ2n) is 4.20. The molecule has 0 spiro atoms. The number of nitrogens with one attached hydrogen (secondary N) is 1. The van der Waals surface area contributed by atoms with Crippen LogP contribution in [-0.2, 0) is 10.0 Å². The van der Waals surface area contributed by atoms with Crippen LogP contribution in [-0.4, -0.2) is 32.5 Å². The van der Waals surface area contributed by atoms with Gasteiger partial charge in [-0.15, -0.1) is 0 Å². The molecule has 2 heterocycles. The highest BCUT2D eigenvalue weighted by molar-refractivity contribution is 7.92. The molecule has 1 N–H and O–H groups in total. The van der Waals surface area contributed by atoms with Crippen LogP contribution in [0.3, 0.4) is 0 Å². The molecular formula is C12H13FN4O2S. The fraction of sp³-hybridized carbons (Fsp3) is 0.167. The van der Waals surface area contributed by atoms with Crippen LogP contribution in [0.25, 0.3) is 0 Å². The zero-order valence-electron chi connectivity index (χ0n) is 10.9. The van der Waals surface area contributed by atoms with Gasteiger partial charge in [-0.1, -0.05) is 0 Å². The van der Waals surface area contributed by atoms with Crippen LogP contribution in [0.4, 0.5) is 15.9 Å². The van der Waals surface area contributed by atoms with Crippen LogP contribution in [0.2, 0.25) is 0 Å². The van der Waals surface area contributed by atoms with E-state index in [1.807, 2.05) is 14.1 Å². The lowest BCUT2D eigenvalue weighted by molar-refractivity contribution is 0.557. The van der Waals surface area contributed by atoms with Gasteiger partial charge in [0.25, 0.3) is 10.0 Å². The van der Waals surface area contributed by atoms with Crippen molar-refractivity contribution in [2.24, 2.45) is 0 Å². The summed E-state index contributed by atoms with van der Waals surface area (Å²) in [6.07, 6.45) is 2.57. The van der Waals surface area contributed by atoms with E-state index in [-0.39, 0.29) is 5.69 Å². The Balaban J connectivity index is 2.27. The van der Waals surface area contributed by atoms with Crippen LogP contribution in [0.1, 0.15) is 0 Å². The van der Waals surface area contributed by atoms with Gasteiger partial charge in [0.05, 0.1) is 11.9 Å². The summed E-state index contributed by atoms with van der Waals surface area (Å²) in [5.41, 5.74) is 0.237. The molecule has 106 valence electrons. The number of pyridine rings is 2. The number of hydrogen-bond donors (Lipinski definition) is 1. The molecule has 6 nitrogen and oxygen atoms in total. The maximum Gasteiger partial charge on any atom is 0.282 e. The van der Waals surface area contributed by atoms with Crippen molar-refractivity contribution in [1.29, 1.82) is 0 Å². The zero-order chi connectivity index (χ0) is 14.8. The smallest absolute Gasteiger partial charge is 0.282 e. The van der Waals surface area contributed by atoms with E-state index in [4.69, 9.17) is 0 Å². The Morgan fingerprint density at radius 1 is 1.20 bits per heavy atom. The van der Waals surface area contributed by atoms with Crippen LogP contribution >= 0.6 is 0 Å². The summed E-state index contributed by atoms with van der Waals surface area (Å²) in [6, 6.07) is 5.55. The number of sulfonamides is 1. The lowest BCUT2D eigenvalue weighted by atomic mass is 10.4. The third-order valence-corrected chi connectivity index (χ3v) is 3.75. The average molecular weight is 296 g/mol. The summed E-state index contributed by atoms with van der Waals surface area (Å²) >= 11 is 0. The van der Waals surface area contributed by atoms with Crippen LogP contribution in [0.15, 0.2) is 41.7 Å². The number of anilines is 2. The molecule has 0 aromatic carbocycles. The van der Waals surface area contributed by atoms with Crippen molar-refractivity contribution in [2.45, 2.75) is 5.03 Å². The first-order valence-electron chi connectivity index (χ1n) is 5.67. The lowest BCUT2D eigenvalue weighted by Gasteiger charge is -2.12. The SMILES string of the molecule is CN(C)c1ccc(NS(=O)(=O)c2ncccc2F)cn1. The van der Waals surface area contributed by atoms with Crippen LogP contribution in [0.5, 0.6) is 0 Å². The minimum atomic E-state index is -4.07. The summed E-state index contributed by atoms with van der Waals surface area (Å²) in [7, 11) is -0.437. The maximum absolute atomic E-state index is 13.5. The van der Waals surface area contributed by atoms with Gasteiger partial charge in [0, 0.05) is 20.3 Å². The molecule has 0 atom stereocenters. The van der Waals surface area contributed by atoms with Gasteiger partial charge in [-0.3, -0.25) is 4.72 Å². The van der Waals surface area contributed by atoms with E-state index < -0.39 is 20.9 Å². The number of hydrogen-bond acceptors (Lipinski definition) is 5. The minimum Gasteiger partial charge on any atom is -0.363 e. The number of aromatic nitrogens is 2. The molecule has 0 saturated heterocycles. The van der Waals surface area contributed by atoms with Gasteiger partial charge in [-0.25, -0.2) is 14.4 Å². The van der Waals surface area contributed by atoms with Crippen molar-refractivity contribution < 1.29 is 12.8 Å². The zero-order valence-corrected chi connectivity index (χ0v) is 11.7. The first-order chi connectivity index (χ1) is 9.40. The molecule has 2 aromatic rings. The first kappa shape index (κ1) is 14.2. The summed E-state index contributed by atoms with van der Waals surface area (Å²) in [5, 5.41) is -0.642. The molecular weight excluding hydrogens is 283 g/mol. The molecule has 8 heteroatoms. The van der Waals surface area contributed by atoms with E-state index in [0.29, 0.717) is 5.82 Å². The van der Waals surface area contributed by atoms with E-state index in [0.717, 1.165) is 6.07 Å². The molecule has 0 radical (unpaired) electrons. The van der Waals surface area contributed by atoms with Gasteiger partial charge in [0.2, 0.25) is 5.03 Å². The first-order valence-corrected chi connectivity index (χ1v) is 7.15. The third-order valence-electron chi connectivity index (χ3n) is 2.44. The fourth-order valence-electron chi connectivity index (χ4n) is 1.48. The molecule has 2 aromatic heterocycles. The second kappa shape index (κ2) is 5.41. The number of rotatable bonds is 4. The summed E-state index contributed by atoms with van der Waals surface area (Å²) in [5.74, 6) is -0.227. The van der Waals surface area contributed by atoms with Crippen LogP contribution < -0.4 is 9.62 Å². The second-order valence-corrected chi connectivity index (χ2v) is 5.79. The van der Waals surface area contributed by atoms with Crippen LogP contribution in [0, 0.1) is 5.82 Å². The highest BCUT2D eigenvalue weighted by Crippen LogP contribution is 2.17. The lowest BCUT2D eigenvalue weighted by Crippen LogP contribution is -2.16. The quantitative estimate of drug-likeness (QED) is 0.925. The molecule has 0 unspecified atom stereocenters. The molecule has 0 aliphatic heterocycles. The van der Waals surface area contributed by atoms with Gasteiger partial charge in [-0.05, 0) is 24.3 Å². The summed E-state index contributed by atoms with van der Waals surface area (Å²) < 4.78 is 39.7. The Bertz CT molecular complexity index is 702. The van der Waals surface area contributed by atoms with E-state index in [2.05, 4.69) is 14.7 Å². The summed E-state index contributed by atoms with van der Waals surface area (Å²) in [6.45, 7) is 0. The Morgan fingerprint density at radius 2 is 1.95 bits per heavy atom. The largest absolute Gasteiger partial charge is 0.363 e. The highest BCUT2D eigenvalue weighted by atomic mass is 32.2. The number of nitrogens with zero attached hydrogens (tertiary/aromatic N) is 3. The Morgan fingerprint density at radius 3 is 2.50 bits per heavy atom. The van der Waals surface area contributed by atoms with Crippen molar-refractivity contribution >= 4 is 21.5 Å². The molecule has 0 saturated carbocycles. The topological polar surface area (TPSA) is 75.2 Å². The molecule has 0 bridgehead atoms. The highest BCUT2D eigenvalue weighted by Gasteiger charge is 2.20. The van der Waals surface area contributed by atoms with Gasteiger partial charge >= 0.3 is 0 Å². The van der Waals surface area contributed by atoms with E-state index in [9.17, 15) is 12.8 Å². The average Bonchev–Trinajstić information content (AvgIpc) is 2.39. The molecule has 0 aliphatic carbocycles. The van der Waals surface area contributed by atoms with Gasteiger partial charge in [0.15, 0.2) is 5.82 Å². The van der Waals surface area contributed by atoms with E-state index in [1.54, 1.807) is 17.0 Å². The van der Waals surface area contributed by atoms with Crippen molar-refractivity contribution in [3.63, 3.8) is 0 Å². The van der Waals surface area contributed by atoms with Gasteiger partial charge in [0.1, 0.15) is 5.82 Å². The molecule has 20 heavy (non-hydrogen) atoms. The Kier molecular flexibility index (Phi) is 3.84. The third kappa shape index (κ3) is 3.02. The minimum absolute atomic E-state index is 0.237. The normalized spacial score (nSPS) is 11.2. The molecule has 2 rings (SSSR count). The van der Waals surface area contributed by atoms with Gasteiger partial charge in [-0.2, -0.15) is 8.42 Å². The summed E-state index contributed by atoms with van der Waals surface area (Å²) in [4.78, 5) is 9.38. The van der Waals surface area contributed by atoms with Crippen molar-refractivity contribution in [2.75, 3.05) is 23.7 Å². The Labute approximate surface area is 116 Å². The molecule has 0 aliphatic rings. The predicted octanol–water partition coefficient (Wildman–Crippen LogP) is 1.48. The van der Waals surface area contributed by atoms with E-state index in [1.165, 1.54) is 18.5 Å². The Hall–Kier alpha value is -2.22. The maximum atomic E-state index is 13.5. The van der Waals surface area contributed by atoms with E-state index >= 15 is 0 Å². The molecule has 0 fully saturated rings. The van der Waals surface area contributed by atoms with Crippen molar-refractivity contribution in [3.8, 4) is 0 Å².